The zero-order valence-corrected chi connectivity index (χ0v) is 7.22. The molecule has 0 fully saturated rings. The highest BCUT2D eigenvalue weighted by Crippen LogP contribution is 2.09. The zero-order valence-electron chi connectivity index (χ0n) is 7.22. The minimum absolute atomic E-state index is 0.300. The molecule has 1 N–H and O–H groups in total. The molecule has 0 radical (unpaired) electrons. The highest BCUT2D eigenvalue weighted by molar-refractivity contribution is 4.97. The van der Waals surface area contributed by atoms with Gasteiger partial charge in [-0.15, -0.1) is 0 Å². The van der Waals surface area contributed by atoms with Crippen molar-refractivity contribution in [1.82, 2.24) is 0 Å². The second-order valence-corrected chi connectivity index (χ2v) is 2.95. The molecule has 0 aliphatic carbocycles. The SMILES string of the molecule is CC/C=C(/C)C[C@H](C)CO. The van der Waals surface area contributed by atoms with Gasteiger partial charge in [-0.1, -0.05) is 25.5 Å². The molecule has 10 heavy (non-hydrogen) atoms. The van der Waals surface area contributed by atoms with Gasteiger partial charge in [0.25, 0.3) is 0 Å². The predicted molar refractivity (Wildman–Crippen MR) is 44.9 cm³/mol. The standard InChI is InChI=1S/C9H18O/c1-4-5-8(2)6-9(3)7-10/h5,9-10H,4,6-7H2,1-3H3/b8-5-/t9-/m0/s1. The lowest BCUT2D eigenvalue weighted by molar-refractivity contribution is 0.237. The highest BCUT2D eigenvalue weighted by Gasteiger charge is 1.99. The molecule has 0 aliphatic heterocycles. The Morgan fingerprint density at radius 3 is 2.60 bits per heavy atom. The third-order valence-corrected chi connectivity index (χ3v) is 1.53. The van der Waals surface area contributed by atoms with E-state index in [4.69, 9.17) is 5.11 Å². The predicted octanol–water partition coefficient (Wildman–Crippen LogP) is 2.36. The Morgan fingerprint density at radius 2 is 2.20 bits per heavy atom. The van der Waals surface area contributed by atoms with E-state index >= 15 is 0 Å². The fraction of sp³-hybridized carbons (Fsp3) is 0.778. The molecule has 1 nitrogen and oxygen atoms in total. The van der Waals surface area contributed by atoms with Gasteiger partial charge in [-0.3, -0.25) is 0 Å². The Kier molecular flexibility index (Phi) is 5.32. The third-order valence-electron chi connectivity index (χ3n) is 1.53. The zero-order chi connectivity index (χ0) is 7.98. The molecule has 0 spiro atoms. The number of rotatable bonds is 4. The van der Waals surface area contributed by atoms with E-state index in [2.05, 4.69) is 26.8 Å². The van der Waals surface area contributed by atoms with Crippen molar-refractivity contribution in [3.05, 3.63) is 11.6 Å². The Morgan fingerprint density at radius 1 is 1.60 bits per heavy atom. The number of hydrogen-bond donors (Lipinski definition) is 1. The number of aliphatic hydroxyl groups is 1. The van der Waals surface area contributed by atoms with Crippen LogP contribution in [0.5, 0.6) is 0 Å². The molecule has 0 heterocycles. The smallest absolute Gasteiger partial charge is 0.0459 e. The Bertz CT molecular complexity index is 105. The average molecular weight is 142 g/mol. The van der Waals surface area contributed by atoms with Crippen LogP contribution >= 0.6 is 0 Å². The van der Waals surface area contributed by atoms with E-state index in [-0.39, 0.29) is 0 Å². The van der Waals surface area contributed by atoms with Crippen LogP contribution in [0.1, 0.15) is 33.6 Å². The van der Waals surface area contributed by atoms with Crippen LogP contribution in [0.2, 0.25) is 0 Å². The molecule has 0 aliphatic rings. The third kappa shape index (κ3) is 4.57. The monoisotopic (exact) mass is 142 g/mol. The van der Waals surface area contributed by atoms with Crippen molar-refractivity contribution < 1.29 is 5.11 Å². The number of aliphatic hydroxyl groups excluding tert-OH is 1. The van der Waals surface area contributed by atoms with E-state index in [0.29, 0.717) is 12.5 Å². The van der Waals surface area contributed by atoms with Gasteiger partial charge in [0.1, 0.15) is 0 Å². The molecule has 1 heteroatoms. The largest absolute Gasteiger partial charge is 0.396 e. The first kappa shape index (κ1) is 9.70. The second-order valence-electron chi connectivity index (χ2n) is 2.95. The maximum absolute atomic E-state index is 8.72. The van der Waals surface area contributed by atoms with Gasteiger partial charge in [0.15, 0.2) is 0 Å². The summed E-state index contributed by atoms with van der Waals surface area (Å²) in [5.74, 6) is 0.419. The van der Waals surface area contributed by atoms with Crippen molar-refractivity contribution in [3.8, 4) is 0 Å². The summed E-state index contributed by atoms with van der Waals surface area (Å²) < 4.78 is 0. The average Bonchev–Trinajstić information content (AvgIpc) is 1.88. The van der Waals surface area contributed by atoms with Gasteiger partial charge in [0, 0.05) is 6.61 Å². The molecule has 0 bridgehead atoms. The van der Waals surface area contributed by atoms with E-state index in [1.807, 2.05) is 0 Å². The number of allylic oxidation sites excluding steroid dienone is 2. The molecule has 0 aromatic heterocycles. The summed E-state index contributed by atoms with van der Waals surface area (Å²) in [5, 5.41) is 8.72. The topological polar surface area (TPSA) is 20.2 Å². The molecular weight excluding hydrogens is 124 g/mol. The summed E-state index contributed by atoms with van der Waals surface area (Å²) in [5.41, 5.74) is 1.39. The maximum Gasteiger partial charge on any atom is 0.0459 e. The van der Waals surface area contributed by atoms with Gasteiger partial charge >= 0.3 is 0 Å². The summed E-state index contributed by atoms with van der Waals surface area (Å²) in [6.45, 7) is 6.62. The van der Waals surface area contributed by atoms with Crippen molar-refractivity contribution in [1.29, 1.82) is 0 Å². The molecule has 0 amide bonds. The lowest BCUT2D eigenvalue weighted by Crippen LogP contribution is -2.00. The van der Waals surface area contributed by atoms with Crippen LogP contribution in [0.15, 0.2) is 11.6 Å². The van der Waals surface area contributed by atoms with E-state index in [9.17, 15) is 0 Å². The Labute approximate surface area is 63.8 Å². The molecule has 0 aromatic rings. The lowest BCUT2D eigenvalue weighted by atomic mass is 10.0. The van der Waals surface area contributed by atoms with Crippen molar-refractivity contribution >= 4 is 0 Å². The molecule has 1 atom stereocenters. The Hall–Kier alpha value is -0.300. The molecule has 0 rings (SSSR count). The number of hydrogen-bond acceptors (Lipinski definition) is 1. The quantitative estimate of drug-likeness (QED) is 0.597. The van der Waals surface area contributed by atoms with Crippen LogP contribution in [-0.2, 0) is 0 Å². The summed E-state index contributed by atoms with van der Waals surface area (Å²) >= 11 is 0. The lowest BCUT2D eigenvalue weighted by Gasteiger charge is -2.06. The van der Waals surface area contributed by atoms with Crippen molar-refractivity contribution in [2.75, 3.05) is 6.61 Å². The summed E-state index contributed by atoms with van der Waals surface area (Å²) in [7, 11) is 0. The van der Waals surface area contributed by atoms with Crippen LogP contribution in [0.3, 0.4) is 0 Å². The van der Waals surface area contributed by atoms with Crippen LogP contribution in [0.25, 0.3) is 0 Å². The van der Waals surface area contributed by atoms with Crippen LogP contribution in [0, 0.1) is 5.92 Å². The first-order valence-electron chi connectivity index (χ1n) is 3.97. The van der Waals surface area contributed by atoms with Gasteiger partial charge in [0.05, 0.1) is 0 Å². The molecule has 0 saturated heterocycles. The minimum Gasteiger partial charge on any atom is -0.396 e. The van der Waals surface area contributed by atoms with E-state index in [1.54, 1.807) is 0 Å². The van der Waals surface area contributed by atoms with Gasteiger partial charge in [-0.05, 0) is 25.7 Å². The highest BCUT2D eigenvalue weighted by atomic mass is 16.3. The second kappa shape index (κ2) is 5.48. The van der Waals surface area contributed by atoms with Gasteiger partial charge in [-0.25, -0.2) is 0 Å². The normalized spacial score (nSPS) is 15.4. The molecule has 60 valence electrons. The minimum atomic E-state index is 0.300. The maximum atomic E-state index is 8.72. The van der Waals surface area contributed by atoms with Crippen LogP contribution < -0.4 is 0 Å². The fourth-order valence-corrected chi connectivity index (χ4v) is 1.05. The summed E-state index contributed by atoms with van der Waals surface area (Å²) in [4.78, 5) is 0. The fourth-order valence-electron chi connectivity index (χ4n) is 1.05. The van der Waals surface area contributed by atoms with E-state index in [0.717, 1.165) is 12.8 Å². The Balaban J connectivity index is 3.56. The van der Waals surface area contributed by atoms with Gasteiger partial charge < -0.3 is 5.11 Å². The first-order valence-corrected chi connectivity index (χ1v) is 3.97. The van der Waals surface area contributed by atoms with Gasteiger partial charge in [-0.2, -0.15) is 0 Å². The summed E-state index contributed by atoms with van der Waals surface area (Å²) in [6.07, 6.45) is 4.35. The molecular formula is C9H18O. The van der Waals surface area contributed by atoms with E-state index in [1.165, 1.54) is 5.57 Å². The van der Waals surface area contributed by atoms with Crippen molar-refractivity contribution in [2.24, 2.45) is 5.92 Å². The molecule has 0 saturated carbocycles. The van der Waals surface area contributed by atoms with Crippen LogP contribution in [-0.4, -0.2) is 11.7 Å². The van der Waals surface area contributed by atoms with Gasteiger partial charge in [0.2, 0.25) is 0 Å². The molecule has 0 unspecified atom stereocenters. The van der Waals surface area contributed by atoms with Crippen molar-refractivity contribution in [3.63, 3.8) is 0 Å². The van der Waals surface area contributed by atoms with Crippen LogP contribution in [0.4, 0.5) is 0 Å². The van der Waals surface area contributed by atoms with E-state index < -0.39 is 0 Å². The van der Waals surface area contributed by atoms with Crippen molar-refractivity contribution in [2.45, 2.75) is 33.6 Å². The molecule has 0 aromatic carbocycles. The first-order chi connectivity index (χ1) is 4.70. The summed E-state index contributed by atoms with van der Waals surface area (Å²) in [6, 6.07) is 0.